The van der Waals surface area contributed by atoms with E-state index in [-0.39, 0.29) is 30.7 Å². The molecule has 1 heterocycles. The normalized spacial score (nSPS) is 15.2. The second-order valence-electron chi connectivity index (χ2n) is 7.08. The fourth-order valence-electron chi connectivity index (χ4n) is 3.34. The van der Waals surface area contributed by atoms with Crippen LogP contribution < -0.4 is 10.6 Å². The monoisotopic (exact) mass is 569 g/mol. The average molecular weight is 570 g/mol. The molecule has 194 valence electrons. The van der Waals surface area contributed by atoms with Gasteiger partial charge in [-0.1, -0.05) is 30.3 Å². The largest absolute Gasteiger partial charge is 0.403 e. The lowest BCUT2D eigenvalue weighted by molar-refractivity contribution is -0.110. The summed E-state index contributed by atoms with van der Waals surface area (Å²) in [5, 5.41) is 12.0. The molecule has 0 fully saturated rings. The predicted octanol–water partition coefficient (Wildman–Crippen LogP) is 5.11. The number of anilines is 1. The Labute approximate surface area is 221 Å². The Bertz CT molecular complexity index is 1230. The van der Waals surface area contributed by atoms with Gasteiger partial charge in [-0.05, 0) is 57.7 Å². The molecular weight excluding hydrogens is 540 g/mol. The lowest BCUT2D eigenvalue weighted by Gasteiger charge is -2.26. The lowest BCUT2D eigenvalue weighted by Crippen LogP contribution is -2.21. The Morgan fingerprint density at radius 2 is 1.44 bits per heavy atom. The van der Waals surface area contributed by atoms with Gasteiger partial charge in [0, 0.05) is 22.7 Å². The van der Waals surface area contributed by atoms with Gasteiger partial charge in [-0.25, -0.2) is 0 Å². The summed E-state index contributed by atoms with van der Waals surface area (Å²) in [7, 11) is 0. The van der Waals surface area contributed by atoms with E-state index in [4.69, 9.17) is 46.2 Å². The molecular formula is C23H29N3O6P2S2. The van der Waals surface area contributed by atoms with E-state index in [0.29, 0.717) is 35.3 Å². The first-order valence-corrected chi connectivity index (χ1v) is 16.6. The van der Waals surface area contributed by atoms with Gasteiger partial charge in [0.15, 0.2) is 5.71 Å². The van der Waals surface area contributed by atoms with E-state index >= 15 is 0 Å². The zero-order chi connectivity index (χ0) is 26.2. The molecule has 0 radical (unpaired) electrons. The van der Waals surface area contributed by atoms with Crippen molar-refractivity contribution in [1.82, 2.24) is 0 Å². The SMILES string of the molecule is CCOP(=S)(OCC)O/C(=N/N=C1\C(=O)Nc2ccccc21)c1ccccc1P(=S)(OCC)OCC. The van der Waals surface area contributed by atoms with Gasteiger partial charge in [0.1, 0.15) is 0 Å². The van der Waals surface area contributed by atoms with E-state index in [0.717, 1.165) is 0 Å². The maximum absolute atomic E-state index is 12.6. The number of amides is 1. The fourth-order valence-corrected chi connectivity index (χ4v) is 8.22. The molecule has 13 heteroatoms. The lowest BCUT2D eigenvalue weighted by atomic mass is 10.1. The number of carbonyl (C=O) groups excluding carboxylic acids is 1. The number of nitrogens with zero attached hydrogens (tertiary/aromatic N) is 2. The van der Waals surface area contributed by atoms with E-state index in [9.17, 15) is 4.79 Å². The van der Waals surface area contributed by atoms with Crippen LogP contribution in [0.25, 0.3) is 0 Å². The van der Waals surface area contributed by atoms with E-state index in [1.54, 1.807) is 44.2 Å². The number of hydrogen-bond donors (Lipinski definition) is 1. The smallest absolute Gasteiger partial charge is 0.381 e. The van der Waals surface area contributed by atoms with Gasteiger partial charge in [0.2, 0.25) is 12.4 Å². The molecule has 0 atom stereocenters. The van der Waals surface area contributed by atoms with Gasteiger partial charge in [-0.15, -0.1) is 10.2 Å². The van der Waals surface area contributed by atoms with Crippen LogP contribution in [0.1, 0.15) is 38.8 Å². The van der Waals surface area contributed by atoms with Gasteiger partial charge in [-0.3, -0.25) is 13.8 Å². The van der Waals surface area contributed by atoms with Gasteiger partial charge < -0.3 is 18.9 Å². The summed E-state index contributed by atoms with van der Waals surface area (Å²) in [6.07, 6.45) is 0. The highest BCUT2D eigenvalue weighted by Crippen LogP contribution is 2.52. The molecule has 9 nitrogen and oxygen atoms in total. The van der Waals surface area contributed by atoms with Crippen molar-refractivity contribution >= 4 is 65.3 Å². The van der Waals surface area contributed by atoms with Crippen molar-refractivity contribution in [3.8, 4) is 0 Å². The number of para-hydroxylation sites is 1. The molecule has 1 amide bonds. The van der Waals surface area contributed by atoms with Crippen LogP contribution in [0.2, 0.25) is 0 Å². The fraction of sp³-hybridized carbons (Fsp3) is 0.348. The number of nitrogens with one attached hydrogen (secondary N) is 1. The highest BCUT2D eigenvalue weighted by atomic mass is 32.5. The van der Waals surface area contributed by atoms with E-state index in [1.165, 1.54) is 0 Å². The minimum atomic E-state index is -3.26. The van der Waals surface area contributed by atoms with Crippen molar-refractivity contribution in [2.75, 3.05) is 31.7 Å². The standard InChI is InChI=1S/C23H29N3O6P2S2/c1-5-28-33(35,29-6-2)20-16-12-10-14-18(20)23(32-34(36,30-7-3)31-8-4)26-25-21-17-13-9-11-15-19(17)24-22(21)27/h9-16H,5-8H2,1-4H3,(H,24,25,27)/b26-23+. The quantitative estimate of drug-likeness (QED) is 0.163. The Hall–Kier alpha value is -1.81. The number of hydrogen-bond acceptors (Lipinski definition) is 10. The van der Waals surface area contributed by atoms with Crippen molar-refractivity contribution in [3.63, 3.8) is 0 Å². The van der Waals surface area contributed by atoms with E-state index in [1.807, 2.05) is 32.0 Å². The third kappa shape index (κ3) is 6.73. The first-order chi connectivity index (χ1) is 17.3. The molecule has 0 unspecified atom stereocenters. The topological polar surface area (TPSA) is 100.0 Å². The zero-order valence-corrected chi connectivity index (χ0v) is 23.9. The molecule has 36 heavy (non-hydrogen) atoms. The third-order valence-electron chi connectivity index (χ3n) is 4.69. The zero-order valence-electron chi connectivity index (χ0n) is 20.5. The molecule has 0 aromatic heterocycles. The van der Waals surface area contributed by atoms with Crippen LogP contribution in [-0.4, -0.2) is 43.9 Å². The molecule has 0 aliphatic carbocycles. The molecule has 2 aromatic carbocycles. The molecule has 0 bridgehead atoms. The maximum atomic E-state index is 12.6. The summed E-state index contributed by atoms with van der Waals surface area (Å²) in [6, 6.07) is 14.4. The average Bonchev–Trinajstić information content (AvgIpc) is 3.17. The van der Waals surface area contributed by atoms with Gasteiger partial charge in [0.25, 0.3) is 5.91 Å². The summed E-state index contributed by atoms with van der Waals surface area (Å²) < 4.78 is 29.4. The molecule has 1 N–H and O–H groups in total. The first kappa shape index (κ1) is 28.8. The summed E-state index contributed by atoms with van der Waals surface area (Å²) in [5.41, 5.74) is 1.88. The third-order valence-corrected chi connectivity index (χ3v) is 10.5. The second-order valence-corrected chi connectivity index (χ2v) is 13.4. The van der Waals surface area contributed by atoms with Crippen LogP contribution in [0, 0.1) is 0 Å². The van der Waals surface area contributed by atoms with Crippen LogP contribution in [-0.2, 0) is 51.0 Å². The number of benzene rings is 2. The molecule has 0 saturated carbocycles. The minimum absolute atomic E-state index is 0.00542. The van der Waals surface area contributed by atoms with Crippen molar-refractivity contribution in [2.45, 2.75) is 27.7 Å². The van der Waals surface area contributed by atoms with Crippen molar-refractivity contribution < 1.29 is 27.4 Å². The Balaban J connectivity index is 2.20. The van der Waals surface area contributed by atoms with Crippen molar-refractivity contribution in [2.24, 2.45) is 10.2 Å². The van der Waals surface area contributed by atoms with Crippen LogP contribution in [0.3, 0.4) is 0 Å². The Morgan fingerprint density at radius 3 is 2.08 bits per heavy atom. The first-order valence-electron chi connectivity index (χ1n) is 11.4. The minimum Gasteiger partial charge on any atom is -0.403 e. The van der Waals surface area contributed by atoms with Crippen LogP contribution in [0.4, 0.5) is 5.69 Å². The van der Waals surface area contributed by atoms with Crippen LogP contribution >= 0.6 is 13.2 Å². The Kier molecular flexibility index (Phi) is 10.5. The molecule has 0 spiro atoms. The highest BCUT2D eigenvalue weighted by molar-refractivity contribution is 8.13. The number of rotatable bonds is 12. The summed E-state index contributed by atoms with van der Waals surface area (Å²) >= 11 is 11.5. The van der Waals surface area contributed by atoms with E-state index < -0.39 is 13.2 Å². The molecule has 1 aliphatic heterocycles. The molecule has 3 rings (SSSR count). The van der Waals surface area contributed by atoms with Crippen molar-refractivity contribution in [1.29, 1.82) is 0 Å². The Morgan fingerprint density at radius 1 is 0.861 bits per heavy atom. The predicted molar refractivity (Wildman–Crippen MR) is 150 cm³/mol. The van der Waals surface area contributed by atoms with Gasteiger partial charge in [0.05, 0.1) is 37.7 Å². The van der Waals surface area contributed by atoms with Crippen LogP contribution in [0.15, 0.2) is 58.7 Å². The second kappa shape index (κ2) is 13.1. The maximum Gasteiger partial charge on any atom is 0.381 e. The van der Waals surface area contributed by atoms with E-state index in [2.05, 4.69) is 15.5 Å². The summed E-state index contributed by atoms with van der Waals surface area (Å²) in [6.45, 7) is 2.34. The summed E-state index contributed by atoms with van der Waals surface area (Å²) in [5.74, 6) is -0.385. The molecule has 0 saturated heterocycles. The summed E-state index contributed by atoms with van der Waals surface area (Å²) in [4.78, 5) is 12.6. The van der Waals surface area contributed by atoms with Crippen molar-refractivity contribution in [3.05, 3.63) is 59.7 Å². The number of fused-ring (bicyclic) bond motifs is 1. The highest BCUT2D eigenvalue weighted by Gasteiger charge is 2.31. The van der Waals surface area contributed by atoms with Crippen LogP contribution in [0.5, 0.6) is 0 Å². The van der Waals surface area contributed by atoms with Gasteiger partial charge in [-0.2, -0.15) is 0 Å². The number of carbonyl (C=O) groups is 1. The van der Waals surface area contributed by atoms with Gasteiger partial charge >= 0.3 is 6.72 Å². The molecule has 2 aromatic rings. The molecule has 1 aliphatic rings.